The maximum Gasteiger partial charge on any atom is 0.312 e. The quantitative estimate of drug-likeness (QED) is 0.173. The summed E-state index contributed by atoms with van der Waals surface area (Å²) in [5.41, 5.74) is -1.85. The molecule has 3 rings (SSSR count). The van der Waals surface area contributed by atoms with Gasteiger partial charge in [0.2, 0.25) is 11.8 Å². The molecule has 2 bridgehead atoms. The highest BCUT2D eigenvalue weighted by molar-refractivity contribution is 5.98. The first kappa shape index (κ1) is 30.4. The van der Waals surface area contributed by atoms with Gasteiger partial charge in [0.15, 0.2) is 0 Å². The standard InChI is InChI=1S/C30H48N2O6/c1-6-10-11-14-21-37-28(36)24-23-26(34)32(19-12-13-20-33)25(30(23)17-16-29(24,9-4)38-30)27(35)31(18-8-3)22(5)15-7-2/h6,8,22-25,33H,1,3,7,9-21H2,2,4-5H3/t22?,23-,24+,25?,29-,30?/m0/s1. The molecule has 3 aliphatic heterocycles. The summed E-state index contributed by atoms with van der Waals surface area (Å²) in [6.07, 6.45) is 10.6. The van der Waals surface area contributed by atoms with Crippen molar-refractivity contribution in [3.63, 3.8) is 0 Å². The van der Waals surface area contributed by atoms with Gasteiger partial charge >= 0.3 is 5.97 Å². The number of likely N-dealkylation sites (tertiary alicyclic amines) is 1. The minimum atomic E-state index is -1.05. The van der Waals surface area contributed by atoms with Crippen LogP contribution in [-0.4, -0.2) is 82.3 Å². The zero-order valence-electron chi connectivity index (χ0n) is 23.7. The SMILES string of the molecule is C=CCCCCOC(=O)[C@H]1[C@H]2C(=O)N(CCCCO)C(C(=O)N(CC=C)C(C)CCC)C23CC[C@]1(CC)O3. The predicted molar refractivity (Wildman–Crippen MR) is 146 cm³/mol. The topological polar surface area (TPSA) is 96.4 Å². The number of carbonyl (C=O) groups excluding carboxylic acids is 3. The Hall–Kier alpha value is -2.19. The number of aliphatic hydroxyl groups excluding tert-OH is 1. The Balaban J connectivity index is 1.98. The fourth-order valence-electron chi connectivity index (χ4n) is 7.00. The lowest BCUT2D eigenvalue weighted by Crippen LogP contribution is -2.58. The van der Waals surface area contributed by atoms with Crippen molar-refractivity contribution in [2.45, 2.75) is 108 Å². The summed E-state index contributed by atoms with van der Waals surface area (Å²) in [4.78, 5) is 45.5. The van der Waals surface area contributed by atoms with E-state index in [2.05, 4.69) is 20.1 Å². The van der Waals surface area contributed by atoms with Gasteiger partial charge in [-0.2, -0.15) is 0 Å². The third-order valence-electron chi connectivity index (χ3n) is 8.87. The lowest BCUT2D eigenvalue weighted by molar-refractivity contribution is -0.162. The van der Waals surface area contributed by atoms with Crippen LogP contribution in [-0.2, 0) is 23.9 Å². The molecule has 1 N–H and O–H groups in total. The van der Waals surface area contributed by atoms with E-state index < -0.39 is 35.0 Å². The summed E-state index contributed by atoms with van der Waals surface area (Å²) in [5, 5.41) is 9.37. The summed E-state index contributed by atoms with van der Waals surface area (Å²) in [6, 6.07) is -0.831. The predicted octanol–water partition coefficient (Wildman–Crippen LogP) is 4.02. The minimum absolute atomic E-state index is 0.0155. The molecule has 0 aromatic carbocycles. The van der Waals surface area contributed by atoms with Crippen molar-refractivity contribution in [3.8, 4) is 0 Å². The van der Waals surface area contributed by atoms with Crippen molar-refractivity contribution in [2.24, 2.45) is 11.8 Å². The largest absolute Gasteiger partial charge is 0.465 e. The Bertz CT molecular complexity index is 877. The number of esters is 1. The molecule has 0 saturated carbocycles. The van der Waals surface area contributed by atoms with Crippen LogP contribution in [0.5, 0.6) is 0 Å². The first-order valence-electron chi connectivity index (χ1n) is 14.6. The van der Waals surface area contributed by atoms with E-state index >= 15 is 0 Å². The molecular formula is C30H48N2O6. The summed E-state index contributed by atoms with van der Waals surface area (Å²) < 4.78 is 12.5. The maximum absolute atomic E-state index is 14.3. The average molecular weight is 533 g/mol. The summed E-state index contributed by atoms with van der Waals surface area (Å²) in [5.74, 6) is -2.21. The van der Waals surface area contributed by atoms with Crippen LogP contribution in [0.1, 0.15) is 85.0 Å². The van der Waals surface area contributed by atoms with Crippen molar-refractivity contribution in [1.29, 1.82) is 0 Å². The number of carbonyl (C=O) groups is 3. The number of ether oxygens (including phenoxy) is 2. The van der Waals surface area contributed by atoms with Crippen molar-refractivity contribution < 1.29 is 29.0 Å². The number of allylic oxidation sites excluding steroid dienone is 1. The second-order valence-corrected chi connectivity index (χ2v) is 11.2. The molecule has 1 spiro atoms. The molecule has 2 amide bonds. The van der Waals surface area contributed by atoms with Crippen molar-refractivity contribution in [3.05, 3.63) is 25.3 Å². The molecule has 3 aliphatic rings. The molecule has 0 radical (unpaired) electrons. The molecule has 3 heterocycles. The maximum atomic E-state index is 14.3. The lowest BCUT2D eigenvalue weighted by Gasteiger charge is -2.39. The van der Waals surface area contributed by atoms with E-state index in [0.717, 1.165) is 32.1 Å². The van der Waals surface area contributed by atoms with Crippen LogP contribution in [0.3, 0.4) is 0 Å². The van der Waals surface area contributed by atoms with Crippen molar-refractivity contribution in [2.75, 3.05) is 26.3 Å². The average Bonchev–Trinajstić information content (AvgIpc) is 3.50. The first-order chi connectivity index (χ1) is 18.3. The number of hydrogen-bond acceptors (Lipinski definition) is 6. The Morgan fingerprint density at radius 2 is 1.97 bits per heavy atom. The molecule has 6 atom stereocenters. The van der Waals surface area contributed by atoms with E-state index in [4.69, 9.17) is 9.47 Å². The van der Waals surface area contributed by atoms with Gasteiger partial charge in [0.1, 0.15) is 17.6 Å². The van der Waals surface area contributed by atoms with E-state index in [0.29, 0.717) is 51.8 Å². The molecule has 8 heteroatoms. The number of rotatable bonds is 17. The number of fused-ring (bicyclic) bond motifs is 1. The molecule has 0 aliphatic carbocycles. The van der Waals surface area contributed by atoms with E-state index in [1.807, 2.05) is 24.8 Å². The molecule has 3 saturated heterocycles. The smallest absolute Gasteiger partial charge is 0.312 e. The zero-order valence-corrected chi connectivity index (χ0v) is 23.7. The Kier molecular flexibility index (Phi) is 10.6. The third kappa shape index (κ3) is 5.44. The number of amides is 2. The van der Waals surface area contributed by atoms with Crippen LogP contribution in [0.2, 0.25) is 0 Å². The Labute approximate surface area is 228 Å². The van der Waals surface area contributed by atoms with Gasteiger partial charge < -0.3 is 24.4 Å². The molecule has 0 aromatic rings. The molecule has 3 unspecified atom stereocenters. The second kappa shape index (κ2) is 13.2. The van der Waals surface area contributed by atoms with E-state index in [1.54, 1.807) is 11.0 Å². The Morgan fingerprint density at radius 1 is 1.21 bits per heavy atom. The number of aliphatic hydroxyl groups is 1. The lowest BCUT2D eigenvalue weighted by atomic mass is 9.65. The molecule has 3 fully saturated rings. The Morgan fingerprint density at radius 3 is 2.61 bits per heavy atom. The van der Waals surface area contributed by atoms with Gasteiger partial charge in [-0.05, 0) is 64.7 Å². The molecule has 8 nitrogen and oxygen atoms in total. The second-order valence-electron chi connectivity index (χ2n) is 11.2. The monoisotopic (exact) mass is 532 g/mol. The molecular weight excluding hydrogens is 484 g/mol. The van der Waals surface area contributed by atoms with Crippen LogP contribution in [0.15, 0.2) is 25.3 Å². The highest BCUT2D eigenvalue weighted by Crippen LogP contribution is 2.64. The fourth-order valence-corrected chi connectivity index (χ4v) is 7.00. The zero-order chi connectivity index (χ0) is 27.9. The third-order valence-corrected chi connectivity index (χ3v) is 8.87. The summed E-state index contributed by atoms with van der Waals surface area (Å²) in [7, 11) is 0. The van der Waals surface area contributed by atoms with Gasteiger partial charge in [-0.1, -0.05) is 32.4 Å². The van der Waals surface area contributed by atoms with E-state index in [9.17, 15) is 19.5 Å². The first-order valence-corrected chi connectivity index (χ1v) is 14.6. The van der Waals surface area contributed by atoms with Gasteiger partial charge in [0.25, 0.3) is 0 Å². The molecule has 0 aromatic heterocycles. The van der Waals surface area contributed by atoms with Crippen LogP contribution in [0, 0.1) is 11.8 Å². The van der Waals surface area contributed by atoms with Crippen molar-refractivity contribution >= 4 is 17.8 Å². The van der Waals surface area contributed by atoms with Gasteiger partial charge in [0.05, 0.1) is 18.1 Å². The minimum Gasteiger partial charge on any atom is -0.465 e. The number of unbranched alkanes of at least 4 members (excludes halogenated alkanes) is 3. The normalized spacial score (nSPS) is 30.3. The number of nitrogens with zero attached hydrogens (tertiary/aromatic N) is 2. The van der Waals surface area contributed by atoms with Crippen LogP contribution in [0.4, 0.5) is 0 Å². The van der Waals surface area contributed by atoms with Gasteiger partial charge in [0, 0.05) is 25.7 Å². The van der Waals surface area contributed by atoms with Gasteiger partial charge in [-0.3, -0.25) is 14.4 Å². The molecule has 38 heavy (non-hydrogen) atoms. The van der Waals surface area contributed by atoms with Gasteiger partial charge in [-0.25, -0.2) is 0 Å². The highest BCUT2D eigenvalue weighted by atomic mass is 16.6. The van der Waals surface area contributed by atoms with E-state index in [1.165, 1.54) is 0 Å². The fraction of sp³-hybridized carbons (Fsp3) is 0.767. The van der Waals surface area contributed by atoms with Crippen LogP contribution in [0.25, 0.3) is 0 Å². The van der Waals surface area contributed by atoms with Gasteiger partial charge in [-0.15, -0.1) is 13.2 Å². The number of hydrogen-bond donors (Lipinski definition) is 1. The summed E-state index contributed by atoms with van der Waals surface area (Å²) in [6.45, 7) is 14.7. The van der Waals surface area contributed by atoms with Crippen molar-refractivity contribution in [1.82, 2.24) is 9.80 Å². The summed E-state index contributed by atoms with van der Waals surface area (Å²) >= 11 is 0. The molecule has 214 valence electrons. The van der Waals surface area contributed by atoms with Crippen LogP contribution < -0.4 is 0 Å². The highest BCUT2D eigenvalue weighted by Gasteiger charge is 2.79. The van der Waals surface area contributed by atoms with E-state index in [-0.39, 0.29) is 24.5 Å². The van der Waals surface area contributed by atoms with Crippen LogP contribution >= 0.6 is 0 Å².